The van der Waals surface area contributed by atoms with Crippen molar-refractivity contribution in [2.45, 2.75) is 46.1 Å². The number of rotatable bonds is 5. The van der Waals surface area contributed by atoms with E-state index in [-0.39, 0.29) is 11.6 Å². The van der Waals surface area contributed by atoms with Crippen LogP contribution in [0.1, 0.15) is 32.3 Å². The average Bonchev–Trinajstić information content (AvgIpc) is 2.53. The lowest BCUT2D eigenvalue weighted by atomic mass is 9.95. The van der Waals surface area contributed by atoms with Crippen LogP contribution in [0.2, 0.25) is 0 Å². The number of alkyl halides is 2. The van der Waals surface area contributed by atoms with Gasteiger partial charge in [0.05, 0.1) is 11.7 Å². The van der Waals surface area contributed by atoms with Crippen molar-refractivity contribution in [3.63, 3.8) is 0 Å². The number of nitrogens with zero attached hydrogens (tertiary/aromatic N) is 2. The summed E-state index contributed by atoms with van der Waals surface area (Å²) in [4.78, 5) is 6.59. The van der Waals surface area contributed by atoms with E-state index >= 15 is 0 Å². The summed E-state index contributed by atoms with van der Waals surface area (Å²) in [5, 5.41) is 0. The Morgan fingerprint density at radius 1 is 1.26 bits per heavy atom. The fourth-order valence-corrected chi connectivity index (χ4v) is 2.93. The number of para-hydroxylation sites is 1. The second-order valence-electron chi connectivity index (χ2n) is 5.82. The van der Waals surface area contributed by atoms with Crippen molar-refractivity contribution in [3.05, 3.63) is 53.3 Å². The summed E-state index contributed by atoms with van der Waals surface area (Å²) in [6.45, 7) is 5.93. The van der Waals surface area contributed by atoms with Gasteiger partial charge in [-0.1, -0.05) is 32.0 Å². The van der Waals surface area contributed by atoms with Crippen LogP contribution in [0.3, 0.4) is 0 Å². The number of likely N-dealkylation sites (N-methyl/N-ethyl adjacent to an activating group) is 1. The van der Waals surface area contributed by atoms with Crippen molar-refractivity contribution < 1.29 is 8.78 Å². The Labute approximate surface area is 137 Å². The molecule has 1 unspecified atom stereocenters. The van der Waals surface area contributed by atoms with E-state index in [2.05, 4.69) is 0 Å². The first-order chi connectivity index (χ1) is 11.0. The van der Waals surface area contributed by atoms with Gasteiger partial charge in [-0.3, -0.25) is 4.99 Å². The highest BCUT2D eigenvalue weighted by Crippen LogP contribution is 2.29. The van der Waals surface area contributed by atoms with Crippen molar-refractivity contribution >= 4 is 11.4 Å². The SMILES string of the molecule is CCC(=Nc1ccccc1C)C1=CN(C)C(CC)C(C(F)F)=C1. The second-order valence-corrected chi connectivity index (χ2v) is 5.82. The van der Waals surface area contributed by atoms with Crippen LogP contribution in [0, 0.1) is 6.92 Å². The molecule has 0 saturated carbocycles. The van der Waals surface area contributed by atoms with E-state index in [1.807, 2.05) is 63.2 Å². The molecule has 2 rings (SSSR count). The highest BCUT2D eigenvalue weighted by atomic mass is 19.3. The van der Waals surface area contributed by atoms with Crippen LogP contribution in [0.4, 0.5) is 14.5 Å². The molecule has 23 heavy (non-hydrogen) atoms. The van der Waals surface area contributed by atoms with E-state index in [9.17, 15) is 8.78 Å². The van der Waals surface area contributed by atoms with E-state index in [0.29, 0.717) is 12.8 Å². The molecule has 1 aromatic carbocycles. The maximum Gasteiger partial charge on any atom is 0.262 e. The highest BCUT2D eigenvalue weighted by Gasteiger charge is 2.27. The molecule has 4 heteroatoms. The van der Waals surface area contributed by atoms with Crippen molar-refractivity contribution in [3.8, 4) is 0 Å². The Bertz CT molecular complexity index is 645. The van der Waals surface area contributed by atoms with E-state index in [0.717, 1.165) is 22.5 Å². The predicted molar refractivity (Wildman–Crippen MR) is 92.6 cm³/mol. The van der Waals surface area contributed by atoms with E-state index < -0.39 is 6.43 Å². The zero-order valence-corrected chi connectivity index (χ0v) is 14.2. The molecule has 0 amide bonds. The summed E-state index contributed by atoms with van der Waals surface area (Å²) in [5.41, 5.74) is 3.75. The summed E-state index contributed by atoms with van der Waals surface area (Å²) in [5.74, 6) is 0. The molecule has 0 saturated heterocycles. The summed E-state index contributed by atoms with van der Waals surface area (Å²) in [6, 6.07) is 7.61. The van der Waals surface area contributed by atoms with Crippen LogP contribution in [-0.4, -0.2) is 30.1 Å². The molecule has 2 nitrogen and oxygen atoms in total. The first-order valence-electron chi connectivity index (χ1n) is 8.04. The van der Waals surface area contributed by atoms with Crippen molar-refractivity contribution in [2.24, 2.45) is 4.99 Å². The zero-order valence-electron chi connectivity index (χ0n) is 14.2. The molecule has 1 heterocycles. The lowest BCUT2D eigenvalue weighted by Gasteiger charge is -2.32. The number of hydrogen-bond donors (Lipinski definition) is 0. The Balaban J connectivity index is 2.44. The minimum atomic E-state index is -2.44. The molecule has 1 aliphatic heterocycles. The summed E-state index contributed by atoms with van der Waals surface area (Å²) in [6.07, 6.45) is 2.47. The summed E-state index contributed by atoms with van der Waals surface area (Å²) >= 11 is 0. The van der Waals surface area contributed by atoms with Crippen molar-refractivity contribution in [1.29, 1.82) is 0 Å². The monoisotopic (exact) mass is 318 g/mol. The van der Waals surface area contributed by atoms with E-state index in [4.69, 9.17) is 4.99 Å². The molecule has 1 aromatic rings. The normalized spacial score (nSPS) is 19.0. The van der Waals surface area contributed by atoms with E-state index in [1.54, 1.807) is 6.08 Å². The number of allylic oxidation sites excluding steroid dienone is 2. The van der Waals surface area contributed by atoms with Gasteiger partial charge in [0.1, 0.15) is 0 Å². The van der Waals surface area contributed by atoms with Crippen molar-refractivity contribution in [2.75, 3.05) is 7.05 Å². The first kappa shape index (κ1) is 17.4. The van der Waals surface area contributed by atoms with Gasteiger partial charge in [-0.15, -0.1) is 0 Å². The van der Waals surface area contributed by atoms with Crippen LogP contribution in [0.15, 0.2) is 52.7 Å². The number of halogens is 2. The molecule has 0 aromatic heterocycles. The fraction of sp³-hybridized carbons (Fsp3) is 0.421. The largest absolute Gasteiger partial charge is 0.373 e. The third-order valence-electron chi connectivity index (χ3n) is 4.22. The third-order valence-corrected chi connectivity index (χ3v) is 4.22. The molecular formula is C19H24F2N2. The van der Waals surface area contributed by atoms with Gasteiger partial charge in [-0.05, 0) is 37.5 Å². The fourth-order valence-electron chi connectivity index (χ4n) is 2.93. The Morgan fingerprint density at radius 2 is 1.96 bits per heavy atom. The molecule has 0 N–H and O–H groups in total. The summed E-state index contributed by atoms with van der Waals surface area (Å²) < 4.78 is 26.8. The topological polar surface area (TPSA) is 15.6 Å². The van der Waals surface area contributed by atoms with Crippen LogP contribution >= 0.6 is 0 Å². The van der Waals surface area contributed by atoms with Gasteiger partial charge in [0.2, 0.25) is 0 Å². The minimum Gasteiger partial charge on any atom is -0.373 e. The standard InChI is InChI=1S/C19H24F2N2/c1-5-16(22-17-10-8-7-9-13(17)3)14-11-15(19(20)21)18(6-2)23(4)12-14/h7-12,18-19H,5-6H2,1-4H3. The van der Waals surface area contributed by atoms with Crippen LogP contribution < -0.4 is 0 Å². The van der Waals surface area contributed by atoms with Gasteiger partial charge in [-0.25, -0.2) is 8.78 Å². The van der Waals surface area contributed by atoms with Crippen molar-refractivity contribution in [1.82, 2.24) is 4.90 Å². The highest BCUT2D eigenvalue weighted by molar-refractivity contribution is 6.04. The van der Waals surface area contributed by atoms with Gasteiger partial charge >= 0.3 is 0 Å². The first-order valence-corrected chi connectivity index (χ1v) is 8.04. The molecule has 0 spiro atoms. The van der Waals surface area contributed by atoms with Gasteiger partial charge in [0.25, 0.3) is 6.43 Å². The number of hydrogen-bond acceptors (Lipinski definition) is 2. The lowest BCUT2D eigenvalue weighted by molar-refractivity contribution is 0.162. The molecule has 0 fully saturated rings. The Kier molecular flexibility index (Phi) is 5.69. The van der Waals surface area contributed by atoms with E-state index in [1.165, 1.54) is 0 Å². The quantitative estimate of drug-likeness (QED) is 0.675. The zero-order chi connectivity index (χ0) is 17.0. The maximum absolute atomic E-state index is 13.4. The lowest BCUT2D eigenvalue weighted by Crippen LogP contribution is -2.34. The second kappa shape index (κ2) is 7.53. The average molecular weight is 318 g/mol. The Morgan fingerprint density at radius 3 is 2.52 bits per heavy atom. The number of aliphatic imine (C=N–C) groups is 1. The molecule has 0 aliphatic carbocycles. The number of aryl methyl sites for hydroxylation is 1. The molecular weight excluding hydrogens is 294 g/mol. The molecule has 0 bridgehead atoms. The predicted octanol–water partition coefficient (Wildman–Crippen LogP) is 5.28. The molecule has 124 valence electrons. The van der Waals surface area contributed by atoms with Gasteiger partial charge < -0.3 is 4.90 Å². The Hall–Kier alpha value is -1.97. The molecule has 1 atom stereocenters. The summed E-state index contributed by atoms with van der Waals surface area (Å²) in [7, 11) is 1.85. The van der Waals surface area contributed by atoms with Crippen LogP contribution in [0.5, 0.6) is 0 Å². The number of benzene rings is 1. The molecule has 0 radical (unpaired) electrons. The van der Waals surface area contributed by atoms with Crippen LogP contribution in [-0.2, 0) is 0 Å². The third kappa shape index (κ3) is 3.87. The smallest absolute Gasteiger partial charge is 0.262 e. The molecule has 1 aliphatic rings. The minimum absolute atomic E-state index is 0.179. The van der Waals surface area contributed by atoms with Crippen LogP contribution in [0.25, 0.3) is 0 Å². The van der Waals surface area contributed by atoms with Gasteiger partial charge in [-0.2, -0.15) is 0 Å². The maximum atomic E-state index is 13.4. The van der Waals surface area contributed by atoms with Gasteiger partial charge in [0, 0.05) is 30.1 Å². The van der Waals surface area contributed by atoms with Gasteiger partial charge in [0.15, 0.2) is 0 Å².